The molecule has 2 aromatic rings. The average molecular weight is 602 g/mol. The minimum absolute atomic E-state index is 0. The number of aryl methyl sites for hydroxylation is 4. The van der Waals surface area contributed by atoms with Crippen LogP contribution in [0.4, 0.5) is 0 Å². The number of amides is 2. The Kier molecular flexibility index (Phi) is 13.4. The third-order valence-corrected chi connectivity index (χ3v) is 6.93. The largest absolute Gasteiger partial charge is 1.00 e. The zero-order chi connectivity index (χ0) is 19.8. The molecule has 0 atom stereocenters. The number of carbonyl (C=O) groups is 2. The smallest absolute Gasteiger partial charge is 1.00 e. The standard InChI is InChI=1S/2C11H15NO.2ClH.Hf/c2*1-3-4-9-7-8(2)5-6-10(9)11(12)13;;;/h2*5-7H,3-4H2,1-2H3,(H2,12,13);2*1H;/q;;;;+4/p-4. The summed E-state index contributed by atoms with van der Waals surface area (Å²) in [5.74, 6) is -0.139. The van der Waals surface area contributed by atoms with E-state index in [1.165, 1.54) is 0 Å². The van der Waals surface area contributed by atoms with E-state index in [1.54, 1.807) is 0 Å². The maximum Gasteiger partial charge on any atom is -1.00 e. The molecule has 0 heterocycles. The van der Waals surface area contributed by atoms with Crippen molar-refractivity contribution in [1.29, 1.82) is 0 Å². The average Bonchev–Trinajstić information content (AvgIpc) is 2.62. The predicted molar refractivity (Wildman–Crippen MR) is 105 cm³/mol. The quantitative estimate of drug-likeness (QED) is 0.355. The molecule has 0 aromatic heterocycles. The van der Waals surface area contributed by atoms with Gasteiger partial charge in [0.2, 0.25) is 0 Å². The first-order chi connectivity index (χ1) is 13.0. The Balaban J connectivity index is 0.00000392. The molecule has 0 unspecified atom stereocenters. The molecule has 0 saturated carbocycles. The molecule has 2 aromatic carbocycles. The fourth-order valence-electron chi connectivity index (χ4n) is 3.12. The molecule has 0 fully saturated rings. The fourth-order valence-corrected chi connectivity index (χ4v) is 5.13. The summed E-state index contributed by atoms with van der Waals surface area (Å²) in [5.41, 5.74) is 5.93. The Morgan fingerprint density at radius 2 is 1.14 bits per heavy atom. The first kappa shape index (κ1) is 27.8. The topological polar surface area (TPSA) is 58.2 Å². The summed E-state index contributed by atoms with van der Waals surface area (Å²) < 4.78 is 6.01. The molecular formula is C22H28Cl2HfN2O2. The summed E-state index contributed by atoms with van der Waals surface area (Å²) in [6, 6.07) is 11.9. The van der Waals surface area contributed by atoms with E-state index in [9.17, 15) is 9.59 Å². The molecule has 0 aliphatic carbocycles. The van der Waals surface area contributed by atoms with Crippen molar-refractivity contribution in [2.24, 2.45) is 0 Å². The third kappa shape index (κ3) is 8.23. The summed E-state index contributed by atoms with van der Waals surface area (Å²) in [7, 11) is 0. The summed E-state index contributed by atoms with van der Waals surface area (Å²) in [5, 5.41) is 0. The van der Waals surface area contributed by atoms with E-state index >= 15 is 0 Å². The van der Waals surface area contributed by atoms with Gasteiger partial charge in [-0.25, -0.2) is 0 Å². The van der Waals surface area contributed by atoms with E-state index in [0.29, 0.717) is 0 Å². The van der Waals surface area contributed by atoms with Crippen molar-refractivity contribution in [3.05, 3.63) is 69.8 Å². The van der Waals surface area contributed by atoms with Gasteiger partial charge in [-0.3, -0.25) is 0 Å². The van der Waals surface area contributed by atoms with E-state index in [4.69, 9.17) is 0 Å². The molecule has 7 heteroatoms. The van der Waals surface area contributed by atoms with Crippen LogP contribution in [0.1, 0.15) is 69.7 Å². The van der Waals surface area contributed by atoms with Gasteiger partial charge in [0.1, 0.15) is 0 Å². The van der Waals surface area contributed by atoms with Crippen molar-refractivity contribution in [3.63, 3.8) is 0 Å². The normalized spacial score (nSPS) is 9.52. The number of halogens is 2. The number of carbonyl (C=O) groups excluding carboxylic acids is 2. The van der Waals surface area contributed by atoms with Gasteiger partial charge in [-0.15, -0.1) is 0 Å². The maximum atomic E-state index is 12.6. The fraction of sp³-hybridized carbons (Fsp3) is 0.364. The Morgan fingerprint density at radius 3 is 1.48 bits per heavy atom. The first-order valence-electron chi connectivity index (χ1n) is 9.51. The second-order valence-electron chi connectivity index (χ2n) is 6.85. The van der Waals surface area contributed by atoms with Crippen LogP contribution in [-0.4, -0.2) is 11.8 Å². The maximum absolute atomic E-state index is 12.6. The van der Waals surface area contributed by atoms with Crippen molar-refractivity contribution in [2.75, 3.05) is 0 Å². The van der Waals surface area contributed by atoms with Crippen LogP contribution in [0.15, 0.2) is 36.4 Å². The molecule has 2 amide bonds. The molecule has 0 spiro atoms. The predicted octanol–water partition coefficient (Wildman–Crippen LogP) is -1.71. The Labute approximate surface area is 198 Å². The number of rotatable bonds is 8. The molecule has 0 saturated heterocycles. The van der Waals surface area contributed by atoms with Crippen molar-refractivity contribution < 1.29 is 57.9 Å². The summed E-state index contributed by atoms with van der Waals surface area (Å²) in [6.07, 6.45) is 3.76. The van der Waals surface area contributed by atoms with Crippen molar-refractivity contribution in [1.82, 2.24) is 6.61 Å². The van der Waals surface area contributed by atoms with Crippen LogP contribution in [-0.2, 0) is 36.3 Å². The third-order valence-electron chi connectivity index (χ3n) is 4.40. The van der Waals surface area contributed by atoms with Gasteiger partial charge in [0.05, 0.1) is 0 Å². The van der Waals surface area contributed by atoms with Gasteiger partial charge in [0.15, 0.2) is 0 Å². The van der Waals surface area contributed by atoms with E-state index in [2.05, 4.69) is 32.6 Å². The second-order valence-corrected chi connectivity index (χ2v) is 9.55. The minimum atomic E-state index is -1.79. The van der Waals surface area contributed by atoms with E-state index in [0.717, 1.165) is 59.1 Å². The Morgan fingerprint density at radius 1 is 0.759 bits per heavy atom. The molecule has 2 rings (SSSR count). The molecule has 0 radical (unpaired) electrons. The van der Waals surface area contributed by atoms with E-state index in [1.807, 2.05) is 38.1 Å². The molecule has 0 aliphatic heterocycles. The molecule has 29 heavy (non-hydrogen) atoms. The van der Waals surface area contributed by atoms with Crippen molar-refractivity contribution in [2.45, 2.75) is 53.4 Å². The van der Waals surface area contributed by atoms with Crippen molar-refractivity contribution >= 4 is 11.8 Å². The van der Waals surface area contributed by atoms with Crippen LogP contribution >= 0.6 is 0 Å². The molecular weight excluding hydrogens is 574 g/mol. The molecule has 156 valence electrons. The summed E-state index contributed by atoms with van der Waals surface area (Å²) in [4.78, 5) is 25.1. The van der Waals surface area contributed by atoms with Crippen LogP contribution in [0.5, 0.6) is 0 Å². The van der Waals surface area contributed by atoms with Gasteiger partial charge in [-0.1, -0.05) is 0 Å². The molecule has 0 aliphatic rings. The Bertz CT molecular complexity index is 761. The second kappa shape index (κ2) is 13.9. The number of hydrogen-bond acceptors (Lipinski definition) is 2. The van der Waals surface area contributed by atoms with Gasteiger partial charge < -0.3 is 24.8 Å². The number of nitrogens with one attached hydrogen (secondary N) is 2. The van der Waals surface area contributed by atoms with Gasteiger partial charge in [0, 0.05) is 0 Å². The van der Waals surface area contributed by atoms with Crippen LogP contribution in [0.25, 0.3) is 0 Å². The van der Waals surface area contributed by atoms with E-state index < -0.39 is 23.5 Å². The van der Waals surface area contributed by atoms with Crippen molar-refractivity contribution in [3.8, 4) is 0 Å². The number of benzene rings is 2. The van der Waals surface area contributed by atoms with Gasteiger partial charge >= 0.3 is 175 Å². The minimum Gasteiger partial charge on any atom is -1.00 e. The summed E-state index contributed by atoms with van der Waals surface area (Å²) >= 11 is -1.79. The van der Waals surface area contributed by atoms with Crippen LogP contribution in [0, 0.1) is 13.8 Å². The van der Waals surface area contributed by atoms with Crippen LogP contribution in [0.3, 0.4) is 0 Å². The summed E-state index contributed by atoms with van der Waals surface area (Å²) in [6.45, 7) is 8.29. The first-order valence-corrected chi connectivity index (χ1v) is 13.1. The molecule has 2 N–H and O–H groups in total. The molecule has 0 bridgehead atoms. The van der Waals surface area contributed by atoms with Gasteiger partial charge in [0.25, 0.3) is 0 Å². The van der Waals surface area contributed by atoms with Crippen LogP contribution < -0.4 is 31.4 Å². The van der Waals surface area contributed by atoms with Gasteiger partial charge in [-0.2, -0.15) is 0 Å². The SMILES string of the molecule is CCCc1cc(C)ccc1C(=O)[NH][Hf+2][NH]C(=O)c1ccc(C)cc1CCC.[Cl-].[Cl-]. The zero-order valence-corrected chi connectivity index (χ0v) is 22.5. The van der Waals surface area contributed by atoms with Crippen LogP contribution in [0.2, 0.25) is 0 Å². The van der Waals surface area contributed by atoms with Gasteiger partial charge in [-0.05, 0) is 0 Å². The van der Waals surface area contributed by atoms with E-state index in [-0.39, 0.29) is 36.6 Å². The Hall–Kier alpha value is -1.17. The molecule has 4 nitrogen and oxygen atoms in total. The number of hydrogen-bond donors (Lipinski definition) is 2. The monoisotopic (exact) mass is 602 g/mol. The zero-order valence-electron chi connectivity index (χ0n) is 17.4.